The molecule has 0 radical (unpaired) electrons. The predicted octanol–water partition coefficient (Wildman–Crippen LogP) is 1.64. The van der Waals surface area contributed by atoms with E-state index in [1.807, 2.05) is 16.7 Å². The Labute approximate surface area is 118 Å². The summed E-state index contributed by atoms with van der Waals surface area (Å²) in [5.74, 6) is 1.65. The number of carbonyl (C=O) groups excluding carboxylic acids is 1. The Balaban J connectivity index is 1.66. The molecule has 0 spiro atoms. The molecule has 0 aromatic rings. The van der Waals surface area contributed by atoms with Crippen molar-refractivity contribution in [1.29, 1.82) is 0 Å². The molecule has 0 bridgehead atoms. The molecule has 108 valence electrons. The molecule has 1 heterocycles. The number of hydrogen-bond acceptors (Lipinski definition) is 3. The van der Waals surface area contributed by atoms with Crippen LogP contribution in [-0.4, -0.2) is 53.1 Å². The van der Waals surface area contributed by atoms with Crippen LogP contribution in [0.2, 0.25) is 0 Å². The van der Waals surface area contributed by atoms with Gasteiger partial charge >= 0.3 is 12.0 Å². The fourth-order valence-electron chi connectivity index (χ4n) is 2.72. The summed E-state index contributed by atoms with van der Waals surface area (Å²) in [7, 11) is 0. The number of hydrogen-bond donors (Lipinski definition) is 2. The number of urea groups is 1. The predicted molar refractivity (Wildman–Crippen MR) is 75.4 cm³/mol. The Hall–Kier alpha value is -0.910. The van der Waals surface area contributed by atoms with Crippen LogP contribution in [0.1, 0.15) is 25.7 Å². The van der Waals surface area contributed by atoms with Gasteiger partial charge in [0, 0.05) is 31.1 Å². The van der Waals surface area contributed by atoms with Gasteiger partial charge in [0.15, 0.2) is 0 Å². The lowest BCUT2D eigenvalue weighted by Crippen LogP contribution is -2.45. The number of carboxylic acids is 1. The van der Waals surface area contributed by atoms with Crippen LogP contribution in [0.15, 0.2) is 0 Å². The quantitative estimate of drug-likeness (QED) is 0.827. The van der Waals surface area contributed by atoms with E-state index >= 15 is 0 Å². The van der Waals surface area contributed by atoms with E-state index in [2.05, 4.69) is 5.32 Å². The monoisotopic (exact) mass is 286 g/mol. The maximum atomic E-state index is 11.9. The molecule has 2 aliphatic rings. The maximum Gasteiger partial charge on any atom is 0.317 e. The van der Waals surface area contributed by atoms with Gasteiger partial charge in [-0.05, 0) is 31.6 Å². The minimum Gasteiger partial charge on any atom is -0.481 e. The van der Waals surface area contributed by atoms with Crippen molar-refractivity contribution in [3.05, 3.63) is 0 Å². The Morgan fingerprint density at radius 1 is 1.16 bits per heavy atom. The van der Waals surface area contributed by atoms with Gasteiger partial charge in [0.05, 0.1) is 5.92 Å². The molecular weight excluding hydrogens is 264 g/mol. The second-order valence-electron chi connectivity index (χ2n) is 5.34. The molecule has 2 N–H and O–H groups in total. The summed E-state index contributed by atoms with van der Waals surface area (Å²) >= 11 is 1.89. The average molecular weight is 286 g/mol. The number of carbonyl (C=O) groups is 2. The summed E-state index contributed by atoms with van der Waals surface area (Å²) in [5.41, 5.74) is 0. The number of nitrogens with one attached hydrogen (secondary N) is 1. The number of amides is 2. The molecule has 6 heteroatoms. The minimum atomic E-state index is -0.673. The zero-order valence-corrected chi connectivity index (χ0v) is 12.0. The van der Waals surface area contributed by atoms with Crippen LogP contribution in [-0.2, 0) is 4.79 Å². The molecule has 1 aliphatic heterocycles. The van der Waals surface area contributed by atoms with Crippen LogP contribution < -0.4 is 5.32 Å². The number of aliphatic carboxylic acids is 1. The summed E-state index contributed by atoms with van der Waals surface area (Å²) in [5, 5.41) is 11.9. The Kier molecular flexibility index (Phi) is 5.36. The van der Waals surface area contributed by atoms with Crippen molar-refractivity contribution in [3.63, 3.8) is 0 Å². The Morgan fingerprint density at radius 3 is 2.37 bits per heavy atom. The summed E-state index contributed by atoms with van der Waals surface area (Å²) < 4.78 is 0. The van der Waals surface area contributed by atoms with E-state index in [0.29, 0.717) is 12.5 Å². The van der Waals surface area contributed by atoms with Crippen molar-refractivity contribution < 1.29 is 14.7 Å². The molecule has 2 rings (SSSR count). The van der Waals surface area contributed by atoms with E-state index in [-0.39, 0.29) is 11.9 Å². The smallest absolute Gasteiger partial charge is 0.317 e. The fourth-order valence-corrected chi connectivity index (χ4v) is 3.63. The van der Waals surface area contributed by atoms with Crippen LogP contribution >= 0.6 is 11.8 Å². The minimum absolute atomic E-state index is 0.0423. The lowest BCUT2D eigenvalue weighted by Gasteiger charge is -2.29. The first-order valence-electron chi connectivity index (χ1n) is 7.00. The molecule has 1 saturated heterocycles. The highest BCUT2D eigenvalue weighted by atomic mass is 32.2. The summed E-state index contributed by atoms with van der Waals surface area (Å²) in [6.45, 7) is 2.36. The second kappa shape index (κ2) is 7.03. The molecule has 5 nitrogen and oxygen atoms in total. The number of thioether (sulfide) groups is 1. The van der Waals surface area contributed by atoms with Gasteiger partial charge in [0.2, 0.25) is 0 Å². The van der Waals surface area contributed by atoms with Crippen molar-refractivity contribution >= 4 is 23.8 Å². The lowest BCUT2D eigenvalue weighted by atomic mass is 9.82. The van der Waals surface area contributed by atoms with Crippen LogP contribution in [0.3, 0.4) is 0 Å². The average Bonchev–Trinajstić information content (AvgIpc) is 2.46. The molecule has 0 aromatic heterocycles. The Bertz CT molecular complexity index is 324. The fraction of sp³-hybridized carbons (Fsp3) is 0.846. The first-order chi connectivity index (χ1) is 9.16. The SMILES string of the molecule is O=C(O)C1CCC(CNC(=O)N2CCSCC2)CC1. The number of rotatable bonds is 3. The largest absolute Gasteiger partial charge is 0.481 e. The van der Waals surface area contributed by atoms with Crippen LogP contribution in [0.5, 0.6) is 0 Å². The van der Waals surface area contributed by atoms with E-state index in [0.717, 1.165) is 50.3 Å². The van der Waals surface area contributed by atoms with E-state index in [1.165, 1.54) is 0 Å². The third-order valence-corrected chi connectivity index (χ3v) is 4.98. The van der Waals surface area contributed by atoms with Crippen molar-refractivity contribution in [1.82, 2.24) is 10.2 Å². The molecule has 0 unspecified atom stereocenters. The zero-order valence-electron chi connectivity index (χ0n) is 11.1. The summed E-state index contributed by atoms with van der Waals surface area (Å²) in [6.07, 6.45) is 3.31. The normalized spacial score (nSPS) is 27.9. The summed E-state index contributed by atoms with van der Waals surface area (Å²) in [6, 6.07) is 0.0423. The lowest BCUT2D eigenvalue weighted by molar-refractivity contribution is -0.143. The van der Waals surface area contributed by atoms with E-state index in [1.54, 1.807) is 0 Å². The van der Waals surface area contributed by atoms with Crippen molar-refractivity contribution in [2.45, 2.75) is 25.7 Å². The van der Waals surface area contributed by atoms with Gasteiger partial charge in [-0.25, -0.2) is 4.79 Å². The van der Waals surface area contributed by atoms with Crippen molar-refractivity contribution in [3.8, 4) is 0 Å². The summed E-state index contributed by atoms with van der Waals surface area (Å²) in [4.78, 5) is 24.7. The molecule has 1 aliphatic carbocycles. The van der Waals surface area contributed by atoms with Gasteiger partial charge in [-0.15, -0.1) is 0 Å². The highest BCUT2D eigenvalue weighted by molar-refractivity contribution is 7.99. The van der Waals surface area contributed by atoms with Gasteiger partial charge < -0.3 is 15.3 Å². The van der Waals surface area contributed by atoms with Gasteiger partial charge in [-0.2, -0.15) is 11.8 Å². The molecular formula is C13H22N2O3S. The number of carboxylic acid groups (broad SMARTS) is 1. The zero-order chi connectivity index (χ0) is 13.7. The first kappa shape index (κ1) is 14.5. The van der Waals surface area contributed by atoms with Crippen molar-refractivity contribution in [2.75, 3.05) is 31.1 Å². The standard InChI is InChI=1S/C13H22N2O3S/c16-12(17)11-3-1-10(2-4-11)9-14-13(18)15-5-7-19-8-6-15/h10-11H,1-9H2,(H,14,18)(H,16,17). The molecule has 0 aromatic carbocycles. The second-order valence-corrected chi connectivity index (χ2v) is 6.57. The number of nitrogens with zero attached hydrogens (tertiary/aromatic N) is 1. The first-order valence-corrected chi connectivity index (χ1v) is 8.15. The molecule has 1 saturated carbocycles. The van der Waals surface area contributed by atoms with Gasteiger partial charge in [-0.1, -0.05) is 0 Å². The highest BCUT2D eigenvalue weighted by Gasteiger charge is 2.26. The van der Waals surface area contributed by atoms with Crippen molar-refractivity contribution in [2.24, 2.45) is 11.8 Å². The Morgan fingerprint density at radius 2 is 1.79 bits per heavy atom. The third-order valence-electron chi connectivity index (χ3n) is 4.04. The van der Waals surface area contributed by atoms with Crippen LogP contribution in [0.25, 0.3) is 0 Å². The maximum absolute atomic E-state index is 11.9. The topological polar surface area (TPSA) is 69.6 Å². The van der Waals surface area contributed by atoms with Gasteiger partial charge in [0.25, 0.3) is 0 Å². The molecule has 19 heavy (non-hydrogen) atoms. The highest BCUT2D eigenvalue weighted by Crippen LogP contribution is 2.28. The van der Waals surface area contributed by atoms with E-state index in [9.17, 15) is 9.59 Å². The van der Waals surface area contributed by atoms with Crippen LogP contribution in [0.4, 0.5) is 4.79 Å². The third kappa shape index (κ3) is 4.30. The molecule has 0 atom stereocenters. The molecule has 2 amide bonds. The van der Waals surface area contributed by atoms with Crippen LogP contribution in [0, 0.1) is 11.8 Å². The van der Waals surface area contributed by atoms with Gasteiger partial charge in [0.1, 0.15) is 0 Å². The molecule has 2 fully saturated rings. The van der Waals surface area contributed by atoms with E-state index in [4.69, 9.17) is 5.11 Å². The van der Waals surface area contributed by atoms with Gasteiger partial charge in [-0.3, -0.25) is 4.79 Å². The van der Waals surface area contributed by atoms with E-state index < -0.39 is 5.97 Å².